The van der Waals surface area contributed by atoms with E-state index in [4.69, 9.17) is 9.15 Å². The molecule has 0 aliphatic rings. The Hall–Kier alpha value is -2.29. The third-order valence-corrected chi connectivity index (χ3v) is 2.76. The normalized spacial score (nSPS) is 10.2. The molecule has 1 N–H and O–H groups in total. The van der Waals surface area contributed by atoms with Crippen LogP contribution in [0.25, 0.3) is 0 Å². The molecule has 0 atom stereocenters. The van der Waals surface area contributed by atoms with Crippen LogP contribution in [0.15, 0.2) is 9.80 Å². The molecule has 1 amide bonds. The Labute approximate surface area is 111 Å². The number of carbonyl (C=O) groups is 2. The topological polar surface area (TPSA) is 107 Å². The van der Waals surface area contributed by atoms with Gasteiger partial charge in [0.2, 0.25) is 10.9 Å². The van der Waals surface area contributed by atoms with Crippen molar-refractivity contribution in [2.24, 2.45) is 0 Å². The number of esters is 1. The first-order valence-corrected chi connectivity index (χ1v) is 6.22. The largest absolute Gasteiger partial charge is 0.461 e. The third kappa shape index (κ3) is 3.13. The van der Waals surface area contributed by atoms with Gasteiger partial charge in [-0.2, -0.15) is 0 Å². The van der Waals surface area contributed by atoms with Crippen molar-refractivity contribution in [1.82, 2.24) is 15.2 Å². The van der Waals surface area contributed by atoms with E-state index in [0.29, 0.717) is 5.89 Å². The number of rotatable bonds is 4. The molecule has 2 aromatic rings. The Balaban J connectivity index is 2.06. The Morgan fingerprint density at radius 1 is 1.47 bits per heavy atom. The molecule has 0 saturated carbocycles. The van der Waals surface area contributed by atoms with Crippen LogP contribution in [0.2, 0.25) is 0 Å². The van der Waals surface area contributed by atoms with Gasteiger partial charge >= 0.3 is 12.0 Å². The summed E-state index contributed by atoms with van der Waals surface area (Å²) in [6.45, 7) is 3.54. The van der Waals surface area contributed by atoms with Gasteiger partial charge in [-0.15, -0.1) is 16.4 Å². The molecule has 9 heteroatoms. The molecule has 0 aliphatic heterocycles. The van der Waals surface area contributed by atoms with Crippen LogP contribution in [-0.4, -0.2) is 33.7 Å². The Bertz CT molecular complexity index is 606. The first-order valence-electron chi connectivity index (χ1n) is 5.34. The highest BCUT2D eigenvalue weighted by Gasteiger charge is 2.17. The second kappa shape index (κ2) is 5.57. The summed E-state index contributed by atoms with van der Waals surface area (Å²) in [6, 6.07) is -0.0202. The molecule has 0 saturated heterocycles. The smallest absolute Gasteiger partial charge is 0.367 e. The van der Waals surface area contributed by atoms with Gasteiger partial charge in [0.25, 0.3) is 5.91 Å². The number of nitrogens with zero attached hydrogens (tertiary/aromatic N) is 3. The highest BCUT2D eigenvalue weighted by Crippen LogP contribution is 2.13. The van der Waals surface area contributed by atoms with E-state index in [2.05, 4.69) is 20.5 Å². The summed E-state index contributed by atoms with van der Waals surface area (Å²) in [6.07, 6.45) is 0. The zero-order chi connectivity index (χ0) is 13.8. The summed E-state index contributed by atoms with van der Waals surface area (Å²) >= 11 is 1.03. The van der Waals surface area contributed by atoms with Crippen LogP contribution in [0.1, 0.15) is 33.1 Å². The highest BCUT2D eigenvalue weighted by atomic mass is 32.1. The van der Waals surface area contributed by atoms with Crippen molar-refractivity contribution in [2.75, 3.05) is 11.9 Å². The number of hydrogen-bond donors (Lipinski definition) is 1. The molecule has 0 bridgehead atoms. The second-order valence-electron chi connectivity index (χ2n) is 3.34. The van der Waals surface area contributed by atoms with E-state index < -0.39 is 11.9 Å². The number of anilines is 1. The van der Waals surface area contributed by atoms with Crippen LogP contribution < -0.4 is 5.32 Å². The van der Waals surface area contributed by atoms with E-state index in [1.54, 1.807) is 13.8 Å². The Kier molecular flexibility index (Phi) is 3.85. The molecule has 0 unspecified atom stereocenters. The SMILES string of the molecule is CCOC(=O)c1nc(C(=O)Nc2nnc(C)o2)cs1. The first-order chi connectivity index (χ1) is 9.10. The van der Waals surface area contributed by atoms with Crippen molar-refractivity contribution in [3.05, 3.63) is 22.0 Å². The lowest BCUT2D eigenvalue weighted by Crippen LogP contribution is -2.13. The lowest BCUT2D eigenvalue weighted by atomic mass is 10.4. The van der Waals surface area contributed by atoms with Crippen molar-refractivity contribution in [3.63, 3.8) is 0 Å². The standard InChI is InChI=1S/C10H10N4O4S/c1-3-17-9(16)8-11-6(4-19-8)7(15)12-10-14-13-5(2)18-10/h4H,3H2,1-2H3,(H,12,14,15). The number of carbonyl (C=O) groups excluding carboxylic acids is 2. The van der Waals surface area contributed by atoms with Gasteiger partial charge in [0.05, 0.1) is 6.61 Å². The van der Waals surface area contributed by atoms with Crippen LogP contribution in [-0.2, 0) is 4.74 Å². The lowest BCUT2D eigenvalue weighted by molar-refractivity contribution is 0.0526. The average molecular weight is 282 g/mol. The molecule has 0 aliphatic carbocycles. The van der Waals surface area contributed by atoms with Crippen LogP contribution in [0.3, 0.4) is 0 Å². The maximum atomic E-state index is 11.8. The summed E-state index contributed by atoms with van der Waals surface area (Å²) in [5, 5.41) is 11.1. The number of thiazole rings is 1. The molecular weight excluding hydrogens is 272 g/mol. The van der Waals surface area contributed by atoms with Crippen molar-refractivity contribution in [2.45, 2.75) is 13.8 Å². The van der Waals surface area contributed by atoms with Crippen LogP contribution >= 0.6 is 11.3 Å². The van der Waals surface area contributed by atoms with Gasteiger partial charge in [-0.1, -0.05) is 5.10 Å². The maximum Gasteiger partial charge on any atom is 0.367 e. The van der Waals surface area contributed by atoms with E-state index in [1.165, 1.54) is 5.38 Å². The van der Waals surface area contributed by atoms with Gasteiger partial charge in [-0.3, -0.25) is 10.1 Å². The van der Waals surface area contributed by atoms with Gasteiger partial charge in [-0.25, -0.2) is 9.78 Å². The summed E-state index contributed by atoms with van der Waals surface area (Å²) in [7, 11) is 0. The predicted molar refractivity (Wildman–Crippen MR) is 65.1 cm³/mol. The monoisotopic (exact) mass is 282 g/mol. The Morgan fingerprint density at radius 2 is 2.26 bits per heavy atom. The number of ether oxygens (including phenoxy) is 1. The zero-order valence-electron chi connectivity index (χ0n) is 10.2. The number of amides is 1. The van der Waals surface area contributed by atoms with E-state index in [0.717, 1.165) is 11.3 Å². The average Bonchev–Trinajstić information content (AvgIpc) is 2.98. The quantitative estimate of drug-likeness (QED) is 0.841. The summed E-state index contributed by atoms with van der Waals surface area (Å²) in [5.74, 6) is -0.753. The minimum absolute atomic E-state index is 0.0202. The second-order valence-corrected chi connectivity index (χ2v) is 4.20. The molecule has 2 aromatic heterocycles. The molecule has 2 heterocycles. The number of aryl methyl sites for hydroxylation is 1. The fraction of sp³-hybridized carbons (Fsp3) is 0.300. The van der Waals surface area contributed by atoms with Crippen molar-refractivity contribution >= 4 is 29.2 Å². The molecule has 0 fully saturated rings. The molecular formula is C10H10N4O4S. The van der Waals surface area contributed by atoms with E-state index >= 15 is 0 Å². The molecule has 2 rings (SSSR count). The third-order valence-electron chi connectivity index (χ3n) is 1.93. The number of nitrogens with one attached hydrogen (secondary N) is 1. The van der Waals surface area contributed by atoms with Gasteiger partial charge in [0.15, 0.2) is 0 Å². The van der Waals surface area contributed by atoms with Crippen molar-refractivity contribution in [1.29, 1.82) is 0 Å². The molecule has 19 heavy (non-hydrogen) atoms. The molecule has 0 aromatic carbocycles. The molecule has 0 spiro atoms. The van der Waals surface area contributed by atoms with Crippen molar-refractivity contribution < 1.29 is 18.7 Å². The van der Waals surface area contributed by atoms with E-state index in [9.17, 15) is 9.59 Å². The highest BCUT2D eigenvalue weighted by molar-refractivity contribution is 7.11. The summed E-state index contributed by atoms with van der Waals surface area (Å²) < 4.78 is 9.78. The van der Waals surface area contributed by atoms with Gasteiger partial charge < -0.3 is 9.15 Å². The predicted octanol–water partition coefficient (Wildman–Crippen LogP) is 1.26. The molecule has 100 valence electrons. The van der Waals surface area contributed by atoms with Crippen LogP contribution in [0, 0.1) is 6.92 Å². The van der Waals surface area contributed by atoms with Gasteiger partial charge in [0.1, 0.15) is 5.69 Å². The Morgan fingerprint density at radius 3 is 2.89 bits per heavy atom. The first kappa shape index (κ1) is 13.1. The number of hydrogen-bond acceptors (Lipinski definition) is 8. The number of aromatic nitrogens is 3. The van der Waals surface area contributed by atoms with Crippen LogP contribution in [0.4, 0.5) is 6.01 Å². The minimum atomic E-state index is -0.555. The lowest BCUT2D eigenvalue weighted by Gasteiger charge is -1.96. The van der Waals surface area contributed by atoms with E-state index in [1.807, 2.05) is 0 Å². The summed E-state index contributed by atoms with van der Waals surface area (Å²) in [5.41, 5.74) is 0.0870. The molecule has 0 radical (unpaired) electrons. The zero-order valence-corrected chi connectivity index (χ0v) is 11.0. The minimum Gasteiger partial charge on any atom is -0.461 e. The fourth-order valence-corrected chi connectivity index (χ4v) is 1.86. The fourth-order valence-electron chi connectivity index (χ4n) is 1.17. The maximum absolute atomic E-state index is 11.8. The molecule has 8 nitrogen and oxygen atoms in total. The summed E-state index contributed by atoms with van der Waals surface area (Å²) in [4.78, 5) is 27.0. The van der Waals surface area contributed by atoms with Crippen LogP contribution in [0.5, 0.6) is 0 Å². The van der Waals surface area contributed by atoms with Gasteiger partial charge in [0, 0.05) is 12.3 Å². The van der Waals surface area contributed by atoms with Gasteiger partial charge in [-0.05, 0) is 6.92 Å². The van der Waals surface area contributed by atoms with E-state index in [-0.39, 0.29) is 23.3 Å². The van der Waals surface area contributed by atoms with Crippen molar-refractivity contribution in [3.8, 4) is 0 Å².